The molecule has 0 spiro atoms. The molecule has 3 heteroatoms. The Labute approximate surface area is 110 Å². The average Bonchev–Trinajstić information content (AvgIpc) is 2.37. The minimum Gasteiger partial charge on any atom is -0.480 e. The maximum absolute atomic E-state index is 5.67. The normalized spacial score (nSPS) is 13.7. The molecule has 0 fully saturated rings. The van der Waals surface area contributed by atoms with Crippen LogP contribution in [0.15, 0.2) is 35.3 Å². The fourth-order valence-corrected chi connectivity index (χ4v) is 1.88. The van der Waals surface area contributed by atoms with Crippen LogP contribution < -0.4 is 5.32 Å². The lowest BCUT2D eigenvalue weighted by molar-refractivity contribution is 0.291. The number of hydrogen-bond donors (Lipinski definition) is 1. The van der Waals surface area contributed by atoms with Gasteiger partial charge in [0, 0.05) is 0 Å². The Morgan fingerprint density at radius 3 is 2.44 bits per heavy atom. The maximum atomic E-state index is 5.67. The Balaban J connectivity index is 2.77. The molecule has 1 aromatic rings. The van der Waals surface area contributed by atoms with Crippen LogP contribution in [0.5, 0.6) is 0 Å². The molecule has 18 heavy (non-hydrogen) atoms. The van der Waals surface area contributed by atoms with E-state index in [9.17, 15) is 0 Å². The average molecular weight is 248 g/mol. The standard InChI is InChI=1S/C15H24N2O/c1-5-18-15(14(16-4)12(2)3)17-11-13-9-7-6-8-10-13/h6-10,12,14,16H,5,11H2,1-4H3. The van der Waals surface area contributed by atoms with Crippen LogP contribution in [-0.4, -0.2) is 25.6 Å². The van der Waals surface area contributed by atoms with E-state index in [1.165, 1.54) is 5.56 Å². The number of likely N-dealkylation sites (N-methyl/N-ethyl adjacent to an activating group) is 1. The van der Waals surface area contributed by atoms with Gasteiger partial charge in [0.05, 0.1) is 19.2 Å². The van der Waals surface area contributed by atoms with Crippen LogP contribution in [0.4, 0.5) is 0 Å². The fourth-order valence-electron chi connectivity index (χ4n) is 1.88. The van der Waals surface area contributed by atoms with Crippen molar-refractivity contribution < 1.29 is 4.74 Å². The third-order valence-electron chi connectivity index (χ3n) is 2.80. The van der Waals surface area contributed by atoms with Gasteiger partial charge in [0.15, 0.2) is 0 Å². The van der Waals surface area contributed by atoms with Crippen LogP contribution in [0.25, 0.3) is 0 Å². The molecule has 0 radical (unpaired) electrons. The zero-order valence-electron chi connectivity index (χ0n) is 11.8. The molecule has 0 heterocycles. The highest BCUT2D eigenvalue weighted by Gasteiger charge is 2.18. The highest BCUT2D eigenvalue weighted by Crippen LogP contribution is 2.07. The predicted molar refractivity (Wildman–Crippen MR) is 76.9 cm³/mol. The molecule has 1 rings (SSSR count). The van der Waals surface area contributed by atoms with Crippen LogP contribution in [0.2, 0.25) is 0 Å². The van der Waals surface area contributed by atoms with Gasteiger partial charge in [-0.2, -0.15) is 0 Å². The molecule has 0 saturated carbocycles. The molecular formula is C15H24N2O. The summed E-state index contributed by atoms with van der Waals surface area (Å²) in [5.74, 6) is 1.26. The SMILES string of the molecule is CCOC(=NCc1ccccc1)C(NC)C(C)C. The van der Waals surface area contributed by atoms with Crippen LogP contribution in [0, 0.1) is 5.92 Å². The Bertz CT molecular complexity index is 360. The van der Waals surface area contributed by atoms with Gasteiger partial charge in [0.2, 0.25) is 5.90 Å². The molecule has 0 bridgehead atoms. The Hall–Kier alpha value is -1.35. The van der Waals surface area contributed by atoms with E-state index in [1.54, 1.807) is 0 Å². The van der Waals surface area contributed by atoms with Crippen molar-refractivity contribution in [2.45, 2.75) is 33.4 Å². The fraction of sp³-hybridized carbons (Fsp3) is 0.533. The summed E-state index contributed by atoms with van der Waals surface area (Å²) >= 11 is 0. The van der Waals surface area contributed by atoms with Gasteiger partial charge in [0.25, 0.3) is 0 Å². The van der Waals surface area contributed by atoms with Crippen molar-refractivity contribution >= 4 is 5.90 Å². The summed E-state index contributed by atoms with van der Waals surface area (Å²) in [7, 11) is 1.95. The van der Waals surface area contributed by atoms with E-state index in [0.29, 0.717) is 19.1 Å². The second-order valence-corrected chi connectivity index (χ2v) is 4.58. The second kappa shape index (κ2) is 7.88. The molecular weight excluding hydrogens is 224 g/mol. The minimum absolute atomic E-state index is 0.175. The number of aliphatic imine (C=N–C) groups is 1. The summed E-state index contributed by atoms with van der Waals surface area (Å²) < 4.78 is 5.67. The van der Waals surface area contributed by atoms with Crippen molar-refractivity contribution in [2.75, 3.05) is 13.7 Å². The van der Waals surface area contributed by atoms with Gasteiger partial charge in [-0.15, -0.1) is 0 Å². The molecule has 1 N–H and O–H groups in total. The molecule has 0 aliphatic carbocycles. The van der Waals surface area contributed by atoms with Gasteiger partial charge in [-0.05, 0) is 25.5 Å². The molecule has 0 aromatic heterocycles. The van der Waals surface area contributed by atoms with Crippen molar-refractivity contribution in [1.82, 2.24) is 5.32 Å². The lowest BCUT2D eigenvalue weighted by Crippen LogP contribution is -2.40. The lowest BCUT2D eigenvalue weighted by atomic mass is 10.0. The second-order valence-electron chi connectivity index (χ2n) is 4.58. The Morgan fingerprint density at radius 2 is 1.94 bits per heavy atom. The van der Waals surface area contributed by atoms with Gasteiger partial charge in [-0.1, -0.05) is 44.2 Å². The van der Waals surface area contributed by atoms with Crippen LogP contribution in [-0.2, 0) is 11.3 Å². The molecule has 1 aromatic carbocycles. The van der Waals surface area contributed by atoms with Crippen molar-refractivity contribution in [3.8, 4) is 0 Å². The van der Waals surface area contributed by atoms with Crippen molar-refractivity contribution in [1.29, 1.82) is 0 Å². The maximum Gasteiger partial charge on any atom is 0.201 e. The molecule has 1 unspecified atom stereocenters. The highest BCUT2D eigenvalue weighted by molar-refractivity contribution is 5.82. The lowest BCUT2D eigenvalue weighted by Gasteiger charge is -2.22. The molecule has 1 atom stereocenters. The Kier molecular flexibility index (Phi) is 6.44. The number of ether oxygens (including phenoxy) is 1. The van der Waals surface area contributed by atoms with E-state index >= 15 is 0 Å². The van der Waals surface area contributed by atoms with E-state index in [2.05, 4.69) is 36.3 Å². The van der Waals surface area contributed by atoms with E-state index in [-0.39, 0.29) is 6.04 Å². The summed E-state index contributed by atoms with van der Waals surface area (Å²) in [4.78, 5) is 4.61. The minimum atomic E-state index is 0.175. The summed E-state index contributed by atoms with van der Waals surface area (Å²) in [5.41, 5.74) is 1.20. The Morgan fingerprint density at radius 1 is 1.28 bits per heavy atom. The topological polar surface area (TPSA) is 33.6 Å². The molecule has 0 aliphatic heterocycles. The van der Waals surface area contributed by atoms with Gasteiger partial charge < -0.3 is 10.1 Å². The van der Waals surface area contributed by atoms with Crippen molar-refractivity contribution in [3.05, 3.63) is 35.9 Å². The van der Waals surface area contributed by atoms with Gasteiger partial charge >= 0.3 is 0 Å². The van der Waals surface area contributed by atoms with Crippen molar-refractivity contribution in [2.24, 2.45) is 10.9 Å². The number of nitrogens with one attached hydrogen (secondary N) is 1. The summed E-state index contributed by atoms with van der Waals surface area (Å²) in [6, 6.07) is 10.4. The van der Waals surface area contributed by atoms with Gasteiger partial charge in [-0.3, -0.25) is 0 Å². The van der Waals surface area contributed by atoms with Gasteiger partial charge in [-0.25, -0.2) is 4.99 Å². The zero-order chi connectivity index (χ0) is 13.4. The third-order valence-corrected chi connectivity index (χ3v) is 2.80. The van der Waals surface area contributed by atoms with Crippen LogP contribution in [0.1, 0.15) is 26.3 Å². The number of hydrogen-bond acceptors (Lipinski definition) is 3. The van der Waals surface area contributed by atoms with Crippen LogP contribution in [0.3, 0.4) is 0 Å². The first-order valence-corrected chi connectivity index (χ1v) is 6.57. The number of nitrogens with zero attached hydrogens (tertiary/aromatic N) is 1. The molecule has 0 aliphatic rings. The smallest absolute Gasteiger partial charge is 0.201 e. The predicted octanol–water partition coefficient (Wildman–Crippen LogP) is 2.87. The summed E-state index contributed by atoms with van der Waals surface area (Å²) in [6.07, 6.45) is 0. The first kappa shape index (κ1) is 14.7. The van der Waals surface area contributed by atoms with Crippen LogP contribution >= 0.6 is 0 Å². The van der Waals surface area contributed by atoms with Crippen molar-refractivity contribution in [3.63, 3.8) is 0 Å². The summed E-state index contributed by atoms with van der Waals surface area (Å²) in [6.45, 7) is 7.64. The monoisotopic (exact) mass is 248 g/mol. The summed E-state index contributed by atoms with van der Waals surface area (Å²) in [5, 5.41) is 3.27. The molecule has 0 amide bonds. The molecule has 3 nitrogen and oxygen atoms in total. The van der Waals surface area contributed by atoms with E-state index in [1.807, 2.05) is 32.2 Å². The largest absolute Gasteiger partial charge is 0.480 e. The first-order valence-electron chi connectivity index (χ1n) is 6.57. The molecule has 100 valence electrons. The number of rotatable bonds is 6. The quantitative estimate of drug-likeness (QED) is 0.620. The van der Waals surface area contributed by atoms with E-state index in [4.69, 9.17) is 4.74 Å². The highest BCUT2D eigenvalue weighted by atomic mass is 16.5. The van der Waals surface area contributed by atoms with E-state index < -0.39 is 0 Å². The number of benzene rings is 1. The zero-order valence-corrected chi connectivity index (χ0v) is 11.8. The third kappa shape index (κ3) is 4.49. The van der Waals surface area contributed by atoms with Gasteiger partial charge in [0.1, 0.15) is 0 Å². The molecule has 0 saturated heterocycles. The first-order chi connectivity index (χ1) is 8.69. The van der Waals surface area contributed by atoms with E-state index in [0.717, 1.165) is 5.90 Å².